The van der Waals surface area contributed by atoms with Crippen molar-refractivity contribution in [3.63, 3.8) is 0 Å². The minimum Gasteiger partial charge on any atom is -0.493 e. The largest absolute Gasteiger partial charge is 0.493 e. The highest BCUT2D eigenvalue weighted by atomic mass is 35.5. The van der Waals surface area contributed by atoms with Gasteiger partial charge in [-0.1, -0.05) is 53.6 Å². The summed E-state index contributed by atoms with van der Waals surface area (Å²) < 4.78 is 16.6. The van der Waals surface area contributed by atoms with E-state index in [2.05, 4.69) is 34.5 Å². The summed E-state index contributed by atoms with van der Waals surface area (Å²) >= 11 is 6.14. The zero-order valence-corrected chi connectivity index (χ0v) is 28.1. The summed E-state index contributed by atoms with van der Waals surface area (Å²) in [7, 11) is 2.99. The monoisotopic (exact) mass is 669 g/mol. The van der Waals surface area contributed by atoms with Gasteiger partial charge in [-0.15, -0.1) is 0 Å². The molecule has 10 heteroatoms. The minimum atomic E-state index is -0.488. The third-order valence-corrected chi connectivity index (χ3v) is 9.35. The van der Waals surface area contributed by atoms with Crippen LogP contribution < -0.4 is 25.1 Å². The van der Waals surface area contributed by atoms with Crippen molar-refractivity contribution in [1.29, 1.82) is 0 Å². The molecule has 2 aliphatic heterocycles. The molecule has 3 aromatic carbocycles. The number of halogens is 1. The lowest BCUT2D eigenvalue weighted by molar-refractivity contribution is -0.133. The van der Waals surface area contributed by atoms with E-state index in [9.17, 15) is 14.4 Å². The molecule has 9 nitrogen and oxygen atoms in total. The van der Waals surface area contributed by atoms with E-state index in [0.29, 0.717) is 41.3 Å². The summed E-state index contributed by atoms with van der Waals surface area (Å²) in [5.41, 5.74) is 4.47. The number of piperidine rings is 2. The van der Waals surface area contributed by atoms with Gasteiger partial charge >= 0.3 is 0 Å². The van der Waals surface area contributed by atoms with Gasteiger partial charge in [-0.2, -0.15) is 0 Å². The highest BCUT2D eigenvalue weighted by molar-refractivity contribution is 6.30. The molecule has 4 aromatic rings. The second kappa shape index (κ2) is 15.0. The number of hydrogen-bond acceptors (Lipinski definition) is 7. The maximum Gasteiger partial charge on any atom is 0.287 e. The molecule has 0 aliphatic carbocycles. The van der Waals surface area contributed by atoms with E-state index < -0.39 is 5.91 Å². The van der Waals surface area contributed by atoms with Crippen molar-refractivity contribution in [2.75, 3.05) is 38.8 Å². The van der Waals surface area contributed by atoms with Gasteiger partial charge in [0, 0.05) is 55.4 Å². The number of ether oxygens (including phenoxy) is 2. The average molecular weight is 670 g/mol. The lowest BCUT2D eigenvalue weighted by atomic mass is 9.97. The highest BCUT2D eigenvalue weighted by Crippen LogP contribution is 2.32. The van der Waals surface area contributed by atoms with Crippen molar-refractivity contribution < 1.29 is 23.5 Å². The highest BCUT2D eigenvalue weighted by Gasteiger charge is 2.24. The number of rotatable bonds is 10. The molecule has 1 N–H and O–H groups in total. The number of methoxy groups -OCH3 is 2. The number of fused-ring (bicyclic) bond motifs is 1. The van der Waals surface area contributed by atoms with Crippen molar-refractivity contribution >= 4 is 40.1 Å². The maximum absolute atomic E-state index is 13.6. The molecule has 0 spiro atoms. The van der Waals surface area contributed by atoms with E-state index in [4.69, 9.17) is 25.5 Å². The van der Waals surface area contributed by atoms with Crippen LogP contribution in [-0.2, 0) is 17.8 Å². The zero-order chi connectivity index (χ0) is 33.6. The summed E-state index contributed by atoms with van der Waals surface area (Å²) in [6.07, 6.45) is 6.98. The fourth-order valence-corrected chi connectivity index (χ4v) is 6.66. The van der Waals surface area contributed by atoms with Crippen molar-refractivity contribution in [2.24, 2.45) is 0 Å². The van der Waals surface area contributed by atoms with Gasteiger partial charge in [-0.05, 0) is 67.5 Å². The van der Waals surface area contributed by atoms with Crippen LogP contribution in [0.3, 0.4) is 0 Å². The van der Waals surface area contributed by atoms with Gasteiger partial charge in [-0.25, -0.2) is 0 Å². The van der Waals surface area contributed by atoms with Crippen LogP contribution in [0.2, 0.25) is 5.02 Å². The molecule has 2 amide bonds. The van der Waals surface area contributed by atoms with Crippen LogP contribution >= 0.6 is 11.6 Å². The van der Waals surface area contributed by atoms with Gasteiger partial charge in [0.2, 0.25) is 5.91 Å². The van der Waals surface area contributed by atoms with Gasteiger partial charge in [-0.3, -0.25) is 14.4 Å². The Hall–Kier alpha value is -4.76. The first-order valence-electron chi connectivity index (χ1n) is 16.4. The number of benzene rings is 3. The SMILES string of the molecule is COc1cc2oc(C(=O)N[C@H](C=C3CCN(c4ccccc4CN4CCCCC4=O)CC3)Cc3ccc(Cl)cc3)cc(=O)c2cc1OC. The van der Waals surface area contributed by atoms with Crippen LogP contribution in [0, 0.1) is 0 Å². The number of nitrogens with zero attached hydrogens (tertiary/aromatic N) is 2. The second-order valence-electron chi connectivity index (χ2n) is 12.3. The number of likely N-dealkylation sites (tertiary alicyclic amines) is 1. The first-order chi connectivity index (χ1) is 23.3. The third kappa shape index (κ3) is 7.68. The molecular weight excluding hydrogens is 630 g/mol. The molecule has 0 unspecified atom stereocenters. The van der Waals surface area contributed by atoms with Gasteiger partial charge in [0.15, 0.2) is 22.7 Å². The number of para-hydroxylation sites is 1. The molecule has 0 saturated carbocycles. The number of anilines is 1. The molecule has 2 saturated heterocycles. The van der Waals surface area contributed by atoms with Crippen LogP contribution in [0.25, 0.3) is 11.0 Å². The van der Waals surface area contributed by atoms with Gasteiger partial charge in [0.25, 0.3) is 5.91 Å². The first kappa shape index (κ1) is 33.2. The van der Waals surface area contributed by atoms with Gasteiger partial charge in [0.1, 0.15) is 5.58 Å². The Balaban J connectivity index is 1.20. The Kier molecular flexibility index (Phi) is 10.3. The number of amides is 2. The lowest BCUT2D eigenvalue weighted by Gasteiger charge is -2.34. The summed E-state index contributed by atoms with van der Waals surface area (Å²) in [5.74, 6) is 0.452. The number of carbonyl (C=O) groups excluding carboxylic acids is 2. The molecule has 2 aliphatic rings. The van der Waals surface area contributed by atoms with E-state index in [1.54, 1.807) is 12.1 Å². The lowest BCUT2D eigenvalue weighted by Crippen LogP contribution is -2.37. The molecule has 1 atom stereocenters. The Morgan fingerprint density at radius 3 is 2.40 bits per heavy atom. The zero-order valence-electron chi connectivity index (χ0n) is 27.3. The van der Waals surface area contributed by atoms with Gasteiger partial charge < -0.3 is 29.0 Å². The van der Waals surface area contributed by atoms with Crippen LogP contribution in [0.4, 0.5) is 5.69 Å². The number of carbonyl (C=O) groups is 2. The Bertz CT molecular complexity index is 1880. The number of nitrogens with one attached hydrogen (secondary N) is 1. The Morgan fingerprint density at radius 2 is 1.67 bits per heavy atom. The minimum absolute atomic E-state index is 0.0853. The van der Waals surface area contributed by atoms with E-state index in [0.717, 1.165) is 50.9 Å². The second-order valence-corrected chi connectivity index (χ2v) is 12.7. The molecule has 48 heavy (non-hydrogen) atoms. The van der Waals surface area contributed by atoms with Crippen molar-refractivity contribution in [2.45, 2.75) is 51.1 Å². The van der Waals surface area contributed by atoms with E-state index in [1.807, 2.05) is 35.2 Å². The topological polar surface area (TPSA) is 101 Å². The van der Waals surface area contributed by atoms with Crippen molar-refractivity contribution in [3.05, 3.63) is 111 Å². The van der Waals surface area contributed by atoms with Crippen LogP contribution in [0.1, 0.15) is 53.8 Å². The molecular formula is C38H40ClN3O6. The molecule has 3 heterocycles. The normalized spacial score (nSPS) is 15.7. The molecule has 1 aromatic heterocycles. The molecule has 0 bridgehead atoms. The van der Waals surface area contributed by atoms with Crippen molar-refractivity contribution in [3.8, 4) is 11.5 Å². The maximum atomic E-state index is 13.6. The smallest absolute Gasteiger partial charge is 0.287 e. The number of hydrogen-bond donors (Lipinski definition) is 1. The molecule has 6 rings (SSSR count). The molecule has 250 valence electrons. The summed E-state index contributed by atoms with van der Waals surface area (Å²) in [6, 6.07) is 19.9. The predicted molar refractivity (Wildman–Crippen MR) is 187 cm³/mol. The van der Waals surface area contributed by atoms with Crippen molar-refractivity contribution in [1.82, 2.24) is 10.2 Å². The summed E-state index contributed by atoms with van der Waals surface area (Å²) in [4.78, 5) is 43.5. The quantitative estimate of drug-likeness (QED) is 0.191. The third-order valence-electron chi connectivity index (χ3n) is 9.10. The molecule has 0 radical (unpaired) electrons. The summed E-state index contributed by atoms with van der Waals surface area (Å²) in [6.45, 7) is 3.09. The average Bonchev–Trinajstić information content (AvgIpc) is 3.10. The molecule has 2 fully saturated rings. The Morgan fingerprint density at radius 1 is 0.938 bits per heavy atom. The Labute approximate surface area is 285 Å². The van der Waals surface area contributed by atoms with E-state index >= 15 is 0 Å². The standard InChI is InChI=1S/C38H40ClN3O6/c1-46-34-21-30-32(43)22-36(48-33(30)23-35(34)47-2)38(45)40-29(19-25-10-12-28(39)13-11-25)20-26-14-17-41(18-15-26)31-8-4-3-7-27(31)24-42-16-6-5-9-37(42)44/h3-4,7-8,10-13,20-23,29H,5-6,9,14-19,24H2,1-2H3,(H,40,45)/t29-/m0/s1. The van der Waals surface area contributed by atoms with Gasteiger partial charge in [0.05, 0.1) is 25.6 Å². The van der Waals surface area contributed by atoms with Crippen LogP contribution in [-0.4, -0.2) is 56.6 Å². The first-order valence-corrected chi connectivity index (χ1v) is 16.7. The van der Waals surface area contributed by atoms with E-state index in [1.165, 1.54) is 37.1 Å². The predicted octanol–water partition coefficient (Wildman–Crippen LogP) is 6.54. The van der Waals surface area contributed by atoms with Crippen LogP contribution in [0.5, 0.6) is 11.5 Å². The van der Waals surface area contributed by atoms with E-state index in [-0.39, 0.29) is 28.7 Å². The van der Waals surface area contributed by atoms with Crippen LogP contribution in [0.15, 0.2) is 87.6 Å². The fraction of sp³-hybridized carbons (Fsp3) is 0.342. The fourth-order valence-electron chi connectivity index (χ4n) is 6.53. The summed E-state index contributed by atoms with van der Waals surface area (Å²) in [5, 5.41) is 4.03.